The van der Waals surface area contributed by atoms with Crippen molar-refractivity contribution in [1.82, 2.24) is 4.90 Å². The molecule has 1 saturated heterocycles. The van der Waals surface area contributed by atoms with Crippen LogP contribution < -0.4 is 10.7 Å². The molecule has 3 N–H and O–H groups in total. The summed E-state index contributed by atoms with van der Waals surface area (Å²) >= 11 is 0. The van der Waals surface area contributed by atoms with Crippen LogP contribution in [0.5, 0.6) is 0 Å². The standard InChI is InChI=1S/C21H29N3O2/c1-14-16(6-7-17(11-22)18(14)23-5)8-15-9-21(10-15)12-24(13-21)19(25)26-20(2,3)4/h6-8,11,22-23H,9-10,12-13H2,1-5H3/p+1. The Hall–Kier alpha value is -2.30. The number of amides is 1. The predicted molar refractivity (Wildman–Crippen MR) is 105 cm³/mol. The maximum atomic E-state index is 12.1. The molecule has 1 heterocycles. The zero-order valence-electron chi connectivity index (χ0n) is 16.5. The molecule has 26 heavy (non-hydrogen) atoms. The molecule has 2 fully saturated rings. The first-order valence-electron chi connectivity index (χ1n) is 9.20. The van der Waals surface area contributed by atoms with Gasteiger partial charge in [-0.3, -0.25) is 5.41 Å². The maximum Gasteiger partial charge on any atom is 0.410 e. The van der Waals surface area contributed by atoms with Gasteiger partial charge in [-0.15, -0.1) is 0 Å². The van der Waals surface area contributed by atoms with E-state index < -0.39 is 5.60 Å². The monoisotopic (exact) mass is 356 g/mol. The summed E-state index contributed by atoms with van der Waals surface area (Å²) < 4.78 is 5.44. The zero-order valence-corrected chi connectivity index (χ0v) is 16.5. The predicted octanol–water partition coefficient (Wildman–Crippen LogP) is 2.63. The summed E-state index contributed by atoms with van der Waals surface area (Å²) in [5, 5.41) is 8.94. The molecular weight excluding hydrogens is 326 g/mol. The van der Waals surface area contributed by atoms with E-state index >= 15 is 0 Å². The van der Waals surface area contributed by atoms with Crippen LogP contribution >= 0.6 is 0 Å². The first-order valence-corrected chi connectivity index (χ1v) is 9.20. The number of likely N-dealkylation sites (tertiary alicyclic amines) is 1. The van der Waals surface area contributed by atoms with E-state index in [0.29, 0.717) is 0 Å². The molecule has 0 aromatic heterocycles. The maximum absolute atomic E-state index is 12.1. The Balaban J connectivity index is 1.61. The minimum Gasteiger partial charge on any atom is -0.444 e. The van der Waals surface area contributed by atoms with Crippen LogP contribution in [0.25, 0.3) is 6.08 Å². The molecule has 0 atom stereocenters. The molecule has 1 aliphatic heterocycles. The fourth-order valence-electron chi connectivity index (χ4n) is 4.05. The topological polar surface area (TPSA) is 67.2 Å². The molecule has 1 amide bonds. The highest BCUT2D eigenvalue weighted by molar-refractivity contribution is 5.87. The normalized spacial score (nSPS) is 18.0. The average molecular weight is 356 g/mol. The van der Waals surface area contributed by atoms with Crippen molar-refractivity contribution in [2.75, 3.05) is 25.5 Å². The fourth-order valence-corrected chi connectivity index (χ4v) is 4.05. The van der Waals surface area contributed by atoms with E-state index in [1.54, 1.807) is 6.21 Å². The molecule has 3 rings (SSSR count). The summed E-state index contributed by atoms with van der Waals surface area (Å²) in [7, 11) is 1.92. The smallest absolute Gasteiger partial charge is 0.410 e. The molecule has 1 aromatic carbocycles. The third-order valence-corrected chi connectivity index (χ3v) is 5.24. The first kappa shape index (κ1) is 18.5. The van der Waals surface area contributed by atoms with Crippen molar-refractivity contribution in [3.8, 4) is 0 Å². The van der Waals surface area contributed by atoms with Crippen LogP contribution in [-0.2, 0) is 4.74 Å². The molecule has 1 saturated carbocycles. The van der Waals surface area contributed by atoms with Gasteiger partial charge in [0.1, 0.15) is 5.60 Å². The molecule has 0 radical (unpaired) electrons. The third-order valence-electron chi connectivity index (χ3n) is 5.24. The van der Waals surface area contributed by atoms with E-state index in [1.807, 2.05) is 38.8 Å². The van der Waals surface area contributed by atoms with E-state index in [0.717, 1.165) is 37.2 Å². The molecule has 5 nitrogen and oxygen atoms in total. The Labute approximate surface area is 155 Å². The highest BCUT2D eigenvalue weighted by atomic mass is 16.6. The van der Waals surface area contributed by atoms with Gasteiger partial charge < -0.3 is 15.0 Å². The van der Waals surface area contributed by atoms with Crippen molar-refractivity contribution in [1.29, 1.82) is 0 Å². The first-order chi connectivity index (χ1) is 12.2. The van der Waals surface area contributed by atoms with E-state index in [4.69, 9.17) is 10.1 Å². The minimum atomic E-state index is -0.430. The summed E-state index contributed by atoms with van der Waals surface area (Å²) in [4.78, 5) is 13.9. The number of carbonyl (C=O) groups excluding carboxylic acids is 1. The van der Waals surface area contributed by atoms with Crippen LogP contribution in [0.15, 0.2) is 17.7 Å². The van der Waals surface area contributed by atoms with Gasteiger partial charge in [0.2, 0.25) is 0 Å². The van der Waals surface area contributed by atoms with Crippen LogP contribution in [0.1, 0.15) is 50.3 Å². The number of ether oxygens (including phenoxy) is 1. The van der Waals surface area contributed by atoms with Gasteiger partial charge in [0, 0.05) is 25.6 Å². The number of nitrogens with two attached hydrogens (primary N) is 1. The highest BCUT2D eigenvalue weighted by Gasteiger charge is 2.52. The van der Waals surface area contributed by atoms with Crippen LogP contribution in [-0.4, -0.2) is 42.9 Å². The lowest BCUT2D eigenvalue weighted by molar-refractivity contribution is -0.104. The summed E-state index contributed by atoms with van der Waals surface area (Å²) in [6, 6.07) is 4.17. The van der Waals surface area contributed by atoms with Gasteiger partial charge in [-0.25, -0.2) is 4.79 Å². The van der Waals surface area contributed by atoms with Crippen molar-refractivity contribution >= 4 is 24.1 Å². The quantitative estimate of drug-likeness (QED) is 0.818. The molecule has 0 unspecified atom stereocenters. The number of rotatable bonds is 3. The van der Waals surface area contributed by atoms with Gasteiger partial charge in [-0.05, 0) is 57.7 Å². The summed E-state index contributed by atoms with van der Waals surface area (Å²) in [5.74, 6) is 0. The van der Waals surface area contributed by atoms with E-state index in [2.05, 4.69) is 24.4 Å². The van der Waals surface area contributed by atoms with Gasteiger partial charge in [0.25, 0.3) is 0 Å². The lowest BCUT2D eigenvalue weighted by Gasteiger charge is -2.56. The van der Waals surface area contributed by atoms with Crippen molar-refractivity contribution in [2.24, 2.45) is 5.41 Å². The second-order valence-corrected chi connectivity index (χ2v) is 8.65. The van der Waals surface area contributed by atoms with Crippen molar-refractivity contribution in [2.45, 2.75) is 46.1 Å². The molecule has 0 bridgehead atoms. The number of nitrogens with one attached hydrogen (secondary N) is 1. The van der Waals surface area contributed by atoms with Crippen molar-refractivity contribution in [3.63, 3.8) is 0 Å². The Kier molecular flexibility index (Phi) is 4.59. The molecule has 1 spiro atoms. The van der Waals surface area contributed by atoms with E-state index in [9.17, 15) is 4.79 Å². The lowest BCUT2D eigenvalue weighted by Crippen LogP contribution is -2.62. The molecule has 5 heteroatoms. The van der Waals surface area contributed by atoms with E-state index in [1.165, 1.54) is 16.7 Å². The number of benzene rings is 1. The number of allylic oxidation sites excluding steroid dienone is 1. The molecule has 2 aliphatic rings. The largest absolute Gasteiger partial charge is 0.444 e. The van der Waals surface area contributed by atoms with Crippen LogP contribution in [0.4, 0.5) is 10.5 Å². The molecule has 1 aromatic rings. The SMILES string of the molecule is CNc1c(C=[NH2+])ccc(C=C2CC3(C2)CN(C(=O)OC(C)(C)C)C3)c1C. The van der Waals surface area contributed by atoms with Crippen LogP contribution in [0.2, 0.25) is 0 Å². The molecular formula is C21H30N3O2+. The second-order valence-electron chi connectivity index (χ2n) is 8.65. The Morgan fingerprint density at radius 1 is 1.27 bits per heavy atom. The zero-order chi connectivity index (χ0) is 19.1. The van der Waals surface area contributed by atoms with Gasteiger partial charge in [0.15, 0.2) is 6.21 Å². The Morgan fingerprint density at radius 3 is 2.42 bits per heavy atom. The van der Waals surface area contributed by atoms with Gasteiger partial charge in [0.05, 0.1) is 11.3 Å². The molecule has 1 aliphatic carbocycles. The second kappa shape index (κ2) is 6.45. The van der Waals surface area contributed by atoms with Crippen LogP contribution in [0, 0.1) is 12.3 Å². The number of carbonyl (C=O) groups is 1. The lowest BCUT2D eigenvalue weighted by atomic mass is 9.60. The van der Waals surface area contributed by atoms with Crippen molar-refractivity contribution < 1.29 is 14.9 Å². The summed E-state index contributed by atoms with van der Waals surface area (Å²) in [5.41, 5.74) is 5.83. The number of hydrogen-bond acceptors (Lipinski definition) is 3. The third kappa shape index (κ3) is 3.48. The van der Waals surface area contributed by atoms with E-state index in [-0.39, 0.29) is 11.5 Å². The summed E-state index contributed by atoms with van der Waals surface area (Å²) in [6.07, 6.45) is 5.85. The van der Waals surface area contributed by atoms with Gasteiger partial charge in [-0.2, -0.15) is 0 Å². The Bertz CT molecular complexity index is 758. The van der Waals surface area contributed by atoms with Gasteiger partial charge >= 0.3 is 6.09 Å². The minimum absolute atomic E-state index is 0.191. The highest BCUT2D eigenvalue weighted by Crippen LogP contribution is 2.52. The summed E-state index contributed by atoms with van der Waals surface area (Å²) in [6.45, 7) is 9.44. The Morgan fingerprint density at radius 2 is 1.88 bits per heavy atom. The molecule has 140 valence electrons. The van der Waals surface area contributed by atoms with Crippen molar-refractivity contribution in [3.05, 3.63) is 34.4 Å². The number of hydrogen-bond donors (Lipinski definition) is 2. The fraction of sp³-hybridized carbons (Fsp3) is 0.524. The average Bonchev–Trinajstić information content (AvgIpc) is 2.47. The van der Waals surface area contributed by atoms with Crippen LogP contribution in [0.3, 0.4) is 0 Å². The van der Waals surface area contributed by atoms with Gasteiger partial charge in [-0.1, -0.05) is 17.7 Å². The number of nitrogens with zero attached hydrogens (tertiary/aromatic N) is 1. The number of anilines is 1.